The van der Waals surface area contributed by atoms with Crippen molar-refractivity contribution in [3.63, 3.8) is 0 Å². The van der Waals surface area contributed by atoms with Gasteiger partial charge in [-0.2, -0.15) is 5.10 Å². The Kier molecular flexibility index (Phi) is 4.24. The molecule has 0 saturated carbocycles. The Morgan fingerprint density at radius 2 is 2.07 bits per heavy atom. The topological polar surface area (TPSA) is 96.6 Å². The van der Waals surface area contributed by atoms with Crippen LogP contribution in [0.2, 0.25) is 0 Å². The third kappa shape index (κ3) is 3.45. The van der Waals surface area contributed by atoms with E-state index >= 15 is 0 Å². The van der Waals surface area contributed by atoms with E-state index in [0.29, 0.717) is 0 Å². The van der Waals surface area contributed by atoms with Crippen LogP contribution in [0, 0.1) is 0 Å². The van der Waals surface area contributed by atoms with Crippen molar-refractivity contribution in [1.29, 1.82) is 0 Å². The summed E-state index contributed by atoms with van der Waals surface area (Å²) in [5, 5.41) is 8.60. The van der Waals surface area contributed by atoms with Crippen molar-refractivity contribution in [2.45, 2.75) is 25.3 Å². The molecule has 4 aromatic heterocycles. The second-order valence-corrected chi connectivity index (χ2v) is 7.99. The molecule has 146 valence electrons. The number of fused-ring (bicyclic) bond motifs is 1. The Labute approximate surface area is 169 Å². The largest absolute Gasteiger partial charge is 0.355 e. The smallest absolute Gasteiger partial charge is 0.129 e. The fraction of sp³-hybridized carbons (Fsp3) is 0.273. The summed E-state index contributed by atoms with van der Waals surface area (Å²) in [7, 11) is 0. The molecule has 1 unspecified atom stereocenters. The Bertz CT molecular complexity index is 1150. The number of anilines is 1. The zero-order valence-corrected chi connectivity index (χ0v) is 16.3. The highest BCUT2D eigenvalue weighted by Gasteiger charge is 2.27. The molecular weight excluding hydrogens is 362 g/mol. The van der Waals surface area contributed by atoms with Crippen molar-refractivity contribution in [3.8, 4) is 22.6 Å². The molecule has 0 bridgehead atoms. The van der Waals surface area contributed by atoms with Crippen molar-refractivity contribution >= 4 is 16.7 Å². The van der Waals surface area contributed by atoms with E-state index in [4.69, 9.17) is 10.7 Å². The van der Waals surface area contributed by atoms with Crippen molar-refractivity contribution in [1.82, 2.24) is 25.1 Å². The summed E-state index contributed by atoms with van der Waals surface area (Å²) in [5.74, 6) is 0.941. The normalized spacial score (nSPS) is 19.6. The van der Waals surface area contributed by atoms with Crippen LogP contribution in [-0.4, -0.2) is 43.8 Å². The third-order valence-electron chi connectivity index (χ3n) is 5.43. The number of rotatable bonds is 3. The average Bonchev–Trinajstić information content (AvgIpc) is 3.17. The van der Waals surface area contributed by atoms with E-state index in [-0.39, 0.29) is 5.54 Å². The first-order valence-electron chi connectivity index (χ1n) is 9.85. The fourth-order valence-corrected chi connectivity index (χ4v) is 3.98. The number of nitrogens with zero attached hydrogens (tertiary/aromatic N) is 5. The number of aromatic nitrogens is 5. The van der Waals surface area contributed by atoms with Gasteiger partial charge in [0.1, 0.15) is 11.5 Å². The van der Waals surface area contributed by atoms with E-state index in [1.165, 1.54) is 0 Å². The number of nitrogens with one attached hydrogen (secondary N) is 1. The molecule has 0 amide bonds. The molecule has 1 saturated heterocycles. The maximum Gasteiger partial charge on any atom is 0.129 e. The highest BCUT2D eigenvalue weighted by molar-refractivity contribution is 5.93. The summed E-state index contributed by atoms with van der Waals surface area (Å²) in [6, 6.07) is 12.0. The zero-order valence-electron chi connectivity index (χ0n) is 16.3. The quantitative estimate of drug-likeness (QED) is 0.561. The summed E-state index contributed by atoms with van der Waals surface area (Å²) < 4.78 is 0. The second kappa shape index (κ2) is 6.93. The van der Waals surface area contributed by atoms with Gasteiger partial charge in [-0.1, -0.05) is 6.07 Å². The van der Waals surface area contributed by atoms with Gasteiger partial charge in [0.25, 0.3) is 0 Å². The van der Waals surface area contributed by atoms with Gasteiger partial charge in [0.05, 0.1) is 23.1 Å². The van der Waals surface area contributed by atoms with Crippen LogP contribution in [0.25, 0.3) is 33.5 Å². The highest BCUT2D eigenvalue weighted by Crippen LogP contribution is 2.30. The van der Waals surface area contributed by atoms with Gasteiger partial charge in [0.2, 0.25) is 0 Å². The number of pyridine rings is 3. The van der Waals surface area contributed by atoms with Gasteiger partial charge < -0.3 is 10.6 Å². The molecule has 5 heterocycles. The standard InChI is InChI=1S/C22H23N7/c1-22(23)8-4-10-29(14-22)20-7-2-6-17(26-20)21-16-11-18(15-5-3-9-24-12-15)25-13-19(16)27-28-21/h2-3,5-7,9,11-13H,4,8,10,14,23H2,1H3,(H,27,28). The number of nitrogens with two attached hydrogens (primary N) is 1. The van der Waals surface area contributed by atoms with Crippen molar-refractivity contribution in [2.75, 3.05) is 18.0 Å². The zero-order chi connectivity index (χ0) is 19.8. The minimum atomic E-state index is -0.181. The van der Waals surface area contributed by atoms with Crippen molar-refractivity contribution in [3.05, 3.63) is 55.0 Å². The van der Waals surface area contributed by atoms with E-state index in [1.807, 2.05) is 48.8 Å². The molecule has 0 spiro atoms. The third-order valence-corrected chi connectivity index (χ3v) is 5.43. The molecule has 3 N–H and O–H groups in total. The first-order chi connectivity index (χ1) is 14.1. The van der Waals surface area contributed by atoms with Gasteiger partial charge in [0, 0.05) is 42.0 Å². The van der Waals surface area contributed by atoms with Crippen molar-refractivity contribution in [2.24, 2.45) is 5.73 Å². The molecule has 7 heteroatoms. The Morgan fingerprint density at radius 1 is 1.14 bits per heavy atom. The lowest BCUT2D eigenvalue weighted by atomic mass is 9.92. The average molecular weight is 385 g/mol. The van der Waals surface area contributed by atoms with Gasteiger partial charge >= 0.3 is 0 Å². The first kappa shape index (κ1) is 17.8. The maximum atomic E-state index is 6.39. The van der Waals surface area contributed by atoms with Gasteiger partial charge in [-0.25, -0.2) is 4.98 Å². The van der Waals surface area contributed by atoms with Crippen LogP contribution in [0.5, 0.6) is 0 Å². The number of piperidine rings is 1. The lowest BCUT2D eigenvalue weighted by molar-refractivity contribution is 0.373. The van der Waals surface area contributed by atoms with Gasteiger partial charge in [0.15, 0.2) is 0 Å². The SMILES string of the molecule is CC1(N)CCCN(c2cccc(-c3n[nH]c4cnc(-c5cccnc5)cc34)n2)C1. The van der Waals surface area contributed by atoms with Crippen LogP contribution in [0.3, 0.4) is 0 Å². The number of hydrogen-bond donors (Lipinski definition) is 2. The van der Waals surface area contributed by atoms with Crippen LogP contribution < -0.4 is 10.6 Å². The minimum absolute atomic E-state index is 0.181. The minimum Gasteiger partial charge on any atom is -0.355 e. The molecule has 0 aliphatic carbocycles. The highest BCUT2D eigenvalue weighted by atomic mass is 15.2. The Hall–Kier alpha value is -3.32. The van der Waals surface area contributed by atoms with Crippen LogP contribution in [0.15, 0.2) is 55.0 Å². The van der Waals surface area contributed by atoms with E-state index in [1.54, 1.807) is 6.20 Å². The number of hydrogen-bond acceptors (Lipinski definition) is 6. The summed E-state index contributed by atoms with van der Waals surface area (Å²) in [6.07, 6.45) is 7.49. The van der Waals surface area contributed by atoms with E-state index in [0.717, 1.165) is 65.3 Å². The number of H-pyrrole nitrogens is 1. The van der Waals surface area contributed by atoms with E-state index in [2.05, 4.69) is 32.0 Å². The first-order valence-corrected chi connectivity index (χ1v) is 9.85. The Balaban J connectivity index is 1.54. The summed E-state index contributed by atoms with van der Waals surface area (Å²) in [4.78, 5) is 15.9. The van der Waals surface area contributed by atoms with Crippen LogP contribution in [0.1, 0.15) is 19.8 Å². The van der Waals surface area contributed by atoms with E-state index < -0.39 is 0 Å². The molecule has 29 heavy (non-hydrogen) atoms. The molecule has 0 aromatic carbocycles. The van der Waals surface area contributed by atoms with Gasteiger partial charge in [-0.15, -0.1) is 0 Å². The fourth-order valence-electron chi connectivity index (χ4n) is 3.98. The molecule has 5 rings (SSSR count). The monoisotopic (exact) mass is 385 g/mol. The molecule has 1 aliphatic heterocycles. The molecule has 1 aliphatic rings. The van der Waals surface area contributed by atoms with Gasteiger partial charge in [-0.05, 0) is 50.1 Å². The van der Waals surface area contributed by atoms with Crippen LogP contribution in [-0.2, 0) is 0 Å². The Morgan fingerprint density at radius 3 is 2.90 bits per heavy atom. The van der Waals surface area contributed by atoms with Crippen LogP contribution >= 0.6 is 0 Å². The lowest BCUT2D eigenvalue weighted by Gasteiger charge is -2.38. The van der Waals surface area contributed by atoms with Crippen LogP contribution in [0.4, 0.5) is 5.82 Å². The summed E-state index contributed by atoms with van der Waals surface area (Å²) in [6.45, 7) is 3.89. The molecule has 0 radical (unpaired) electrons. The summed E-state index contributed by atoms with van der Waals surface area (Å²) in [5.41, 5.74) is 10.6. The molecule has 7 nitrogen and oxygen atoms in total. The van der Waals surface area contributed by atoms with Crippen molar-refractivity contribution < 1.29 is 0 Å². The molecule has 4 aromatic rings. The second-order valence-electron chi connectivity index (χ2n) is 7.99. The van der Waals surface area contributed by atoms with E-state index in [9.17, 15) is 0 Å². The summed E-state index contributed by atoms with van der Waals surface area (Å²) >= 11 is 0. The molecule has 1 fully saturated rings. The maximum absolute atomic E-state index is 6.39. The molecular formula is C22H23N7. The number of aromatic amines is 1. The molecule has 1 atom stereocenters. The van der Waals surface area contributed by atoms with Gasteiger partial charge in [-0.3, -0.25) is 15.1 Å². The predicted octanol–water partition coefficient (Wildman–Crippen LogP) is 3.40. The predicted molar refractivity (Wildman–Crippen MR) is 114 cm³/mol. The lowest BCUT2D eigenvalue weighted by Crippen LogP contribution is -2.52.